The van der Waals surface area contributed by atoms with Crippen LogP contribution in [0.4, 0.5) is 0 Å². The first-order valence-electron chi connectivity index (χ1n) is 8.15. The third-order valence-corrected chi connectivity index (χ3v) is 6.56. The lowest BCUT2D eigenvalue weighted by Crippen LogP contribution is -2.42. The Morgan fingerprint density at radius 1 is 1.24 bits per heavy atom. The minimum Gasteiger partial charge on any atom is -0.294 e. The largest absolute Gasteiger partial charge is 0.294 e. The van der Waals surface area contributed by atoms with Crippen LogP contribution in [0.5, 0.6) is 0 Å². The standard InChI is InChI=1S/C19H26OS/c1-12-9-10-15-18(20)14-8-6-5-7-13(14)11-16(21-4)17(12)19(15,2)3/h9,11,15,17H,5-8,10H2,1-4H3/b16-11+. The normalized spacial score (nSPS) is 34.4. The third kappa shape index (κ3) is 2.36. The van der Waals surface area contributed by atoms with E-state index in [-0.39, 0.29) is 11.3 Å². The van der Waals surface area contributed by atoms with Gasteiger partial charge < -0.3 is 0 Å². The number of hydrogen-bond acceptors (Lipinski definition) is 2. The number of carbonyl (C=O) groups is 1. The summed E-state index contributed by atoms with van der Waals surface area (Å²) < 4.78 is 0. The molecular formula is C19H26OS. The third-order valence-electron chi connectivity index (χ3n) is 5.73. The number of ketones is 1. The first kappa shape index (κ1) is 15.1. The predicted octanol–water partition coefficient (Wildman–Crippen LogP) is 5.30. The predicted molar refractivity (Wildman–Crippen MR) is 91.2 cm³/mol. The van der Waals surface area contributed by atoms with Crippen LogP contribution >= 0.6 is 11.8 Å². The van der Waals surface area contributed by atoms with Gasteiger partial charge in [-0.15, -0.1) is 11.8 Å². The van der Waals surface area contributed by atoms with E-state index in [1.54, 1.807) is 0 Å². The smallest absolute Gasteiger partial charge is 0.163 e. The van der Waals surface area contributed by atoms with Crippen molar-refractivity contribution in [2.75, 3.05) is 6.26 Å². The van der Waals surface area contributed by atoms with E-state index in [0.717, 1.165) is 24.8 Å². The van der Waals surface area contributed by atoms with Crippen molar-refractivity contribution in [3.05, 3.63) is 33.8 Å². The Morgan fingerprint density at radius 2 is 1.95 bits per heavy atom. The fourth-order valence-corrected chi connectivity index (χ4v) is 5.55. The molecule has 3 aliphatic rings. The van der Waals surface area contributed by atoms with Gasteiger partial charge in [0.1, 0.15) is 0 Å². The molecule has 0 aliphatic heterocycles. The highest BCUT2D eigenvalue weighted by Crippen LogP contribution is 2.53. The molecule has 0 aromatic rings. The quantitative estimate of drug-likeness (QED) is 0.612. The number of rotatable bonds is 1. The molecule has 114 valence electrons. The summed E-state index contributed by atoms with van der Waals surface area (Å²) in [6.45, 7) is 6.85. The fourth-order valence-electron chi connectivity index (χ4n) is 4.56. The molecule has 0 fully saturated rings. The Bertz CT molecular complexity index is 562. The van der Waals surface area contributed by atoms with Gasteiger partial charge in [-0.1, -0.05) is 25.5 Å². The number of Topliss-reactive ketones (excluding diaryl/α,β-unsaturated/α-hetero) is 1. The molecule has 0 spiro atoms. The summed E-state index contributed by atoms with van der Waals surface area (Å²) in [5, 5.41) is 0. The van der Waals surface area contributed by atoms with E-state index in [1.807, 2.05) is 11.8 Å². The first-order valence-corrected chi connectivity index (χ1v) is 9.37. The van der Waals surface area contributed by atoms with E-state index >= 15 is 0 Å². The monoisotopic (exact) mass is 302 g/mol. The summed E-state index contributed by atoms with van der Waals surface area (Å²) in [5.74, 6) is 1.01. The SMILES string of the molecule is CS/C1=C/C2=C(CCCC2)C(=O)C2CC=C(C)C1C2(C)C. The lowest BCUT2D eigenvalue weighted by molar-refractivity contribution is -0.124. The molecule has 3 rings (SSSR count). The van der Waals surface area contributed by atoms with Gasteiger partial charge in [-0.05, 0) is 72.8 Å². The topological polar surface area (TPSA) is 17.1 Å². The summed E-state index contributed by atoms with van der Waals surface area (Å²) >= 11 is 1.87. The molecule has 0 heterocycles. The van der Waals surface area contributed by atoms with Gasteiger partial charge in [-0.2, -0.15) is 0 Å². The maximum Gasteiger partial charge on any atom is 0.163 e. The summed E-state index contributed by atoms with van der Waals surface area (Å²) in [6.07, 6.45) is 12.3. The van der Waals surface area contributed by atoms with Crippen LogP contribution in [0, 0.1) is 17.3 Å². The van der Waals surface area contributed by atoms with Crippen molar-refractivity contribution >= 4 is 17.5 Å². The Kier molecular flexibility index (Phi) is 3.94. The van der Waals surface area contributed by atoms with Crippen molar-refractivity contribution in [2.45, 2.75) is 52.9 Å². The zero-order chi connectivity index (χ0) is 15.2. The molecule has 0 saturated carbocycles. The van der Waals surface area contributed by atoms with E-state index in [2.05, 4.69) is 39.2 Å². The number of allylic oxidation sites excluding steroid dienone is 6. The fraction of sp³-hybridized carbons (Fsp3) is 0.632. The van der Waals surface area contributed by atoms with E-state index in [0.29, 0.717) is 11.7 Å². The zero-order valence-electron chi connectivity index (χ0n) is 13.7. The minimum atomic E-state index is 0.0285. The molecule has 2 atom stereocenters. The molecule has 0 saturated heterocycles. The van der Waals surface area contributed by atoms with Gasteiger partial charge in [-0.3, -0.25) is 4.79 Å². The molecule has 2 bridgehead atoms. The number of fused-ring (bicyclic) bond motifs is 2. The zero-order valence-corrected chi connectivity index (χ0v) is 14.5. The molecule has 21 heavy (non-hydrogen) atoms. The van der Waals surface area contributed by atoms with Gasteiger partial charge in [0.2, 0.25) is 0 Å². The lowest BCUT2D eigenvalue weighted by Gasteiger charge is -2.46. The van der Waals surface area contributed by atoms with Crippen LogP contribution in [0.1, 0.15) is 52.9 Å². The average Bonchev–Trinajstić information content (AvgIpc) is 2.44. The Hall–Kier alpha value is -0.760. The van der Waals surface area contributed by atoms with Crippen LogP contribution < -0.4 is 0 Å². The van der Waals surface area contributed by atoms with Crippen LogP contribution in [0.25, 0.3) is 0 Å². The van der Waals surface area contributed by atoms with E-state index in [1.165, 1.54) is 28.9 Å². The van der Waals surface area contributed by atoms with Crippen molar-refractivity contribution in [1.82, 2.24) is 0 Å². The van der Waals surface area contributed by atoms with Crippen LogP contribution in [-0.2, 0) is 4.79 Å². The molecule has 2 heteroatoms. The minimum absolute atomic E-state index is 0.0285. The number of hydrogen-bond donors (Lipinski definition) is 0. The van der Waals surface area contributed by atoms with Crippen LogP contribution in [0.15, 0.2) is 33.8 Å². The Balaban J connectivity index is 2.21. The van der Waals surface area contributed by atoms with Crippen molar-refractivity contribution in [3.63, 3.8) is 0 Å². The molecule has 0 N–H and O–H groups in total. The molecule has 3 aliphatic carbocycles. The molecule has 2 unspecified atom stereocenters. The second kappa shape index (κ2) is 5.46. The summed E-state index contributed by atoms with van der Waals surface area (Å²) in [5.41, 5.74) is 3.97. The Morgan fingerprint density at radius 3 is 2.67 bits per heavy atom. The van der Waals surface area contributed by atoms with E-state index < -0.39 is 0 Å². The van der Waals surface area contributed by atoms with Crippen LogP contribution in [0.2, 0.25) is 0 Å². The van der Waals surface area contributed by atoms with Crippen molar-refractivity contribution in [3.8, 4) is 0 Å². The maximum absolute atomic E-state index is 13.1. The second-order valence-electron chi connectivity index (χ2n) is 7.32. The van der Waals surface area contributed by atoms with Crippen LogP contribution in [0.3, 0.4) is 0 Å². The van der Waals surface area contributed by atoms with Gasteiger partial charge in [-0.25, -0.2) is 0 Å². The van der Waals surface area contributed by atoms with Crippen molar-refractivity contribution in [1.29, 1.82) is 0 Å². The van der Waals surface area contributed by atoms with Gasteiger partial charge in [0.05, 0.1) is 0 Å². The Labute approximate surface area is 133 Å². The molecule has 1 nitrogen and oxygen atoms in total. The van der Waals surface area contributed by atoms with Crippen molar-refractivity contribution in [2.24, 2.45) is 17.3 Å². The molecule has 0 amide bonds. The molecular weight excluding hydrogens is 276 g/mol. The molecule has 0 aromatic carbocycles. The highest BCUT2D eigenvalue weighted by molar-refractivity contribution is 8.02. The second-order valence-corrected chi connectivity index (χ2v) is 8.20. The van der Waals surface area contributed by atoms with Gasteiger partial charge in [0.15, 0.2) is 5.78 Å². The summed E-state index contributed by atoms with van der Waals surface area (Å²) in [6, 6.07) is 0. The van der Waals surface area contributed by atoms with E-state index in [9.17, 15) is 4.79 Å². The van der Waals surface area contributed by atoms with Crippen molar-refractivity contribution < 1.29 is 4.79 Å². The highest BCUT2D eigenvalue weighted by Gasteiger charge is 2.47. The summed E-state index contributed by atoms with van der Waals surface area (Å²) in [4.78, 5) is 14.6. The lowest BCUT2D eigenvalue weighted by atomic mass is 9.58. The van der Waals surface area contributed by atoms with E-state index in [4.69, 9.17) is 0 Å². The van der Waals surface area contributed by atoms with Gasteiger partial charge in [0, 0.05) is 11.8 Å². The number of carbonyl (C=O) groups excluding carboxylic acids is 1. The maximum atomic E-state index is 13.1. The average molecular weight is 302 g/mol. The number of thioether (sulfide) groups is 1. The highest BCUT2D eigenvalue weighted by atomic mass is 32.2. The van der Waals surface area contributed by atoms with Gasteiger partial charge in [0.25, 0.3) is 0 Å². The van der Waals surface area contributed by atoms with Crippen LogP contribution in [-0.4, -0.2) is 12.0 Å². The summed E-state index contributed by atoms with van der Waals surface area (Å²) in [7, 11) is 0. The molecule has 0 aromatic heterocycles. The molecule has 0 radical (unpaired) electrons. The first-order chi connectivity index (χ1) is 9.96. The van der Waals surface area contributed by atoms with Gasteiger partial charge >= 0.3 is 0 Å².